The molecule has 1 unspecified atom stereocenters. The topological polar surface area (TPSA) is 75.9 Å². The van der Waals surface area contributed by atoms with E-state index in [1.165, 1.54) is 19.2 Å². The number of methoxy groups -OCH3 is 1. The van der Waals surface area contributed by atoms with E-state index in [0.29, 0.717) is 55.3 Å². The van der Waals surface area contributed by atoms with Crippen molar-refractivity contribution in [1.82, 2.24) is 14.9 Å². The van der Waals surface area contributed by atoms with Crippen LogP contribution in [0.4, 0.5) is 14.5 Å². The second kappa shape index (κ2) is 9.64. The van der Waals surface area contributed by atoms with E-state index in [4.69, 9.17) is 4.74 Å². The second-order valence-electron chi connectivity index (χ2n) is 9.34. The van der Waals surface area contributed by atoms with Gasteiger partial charge in [0, 0.05) is 30.0 Å². The van der Waals surface area contributed by atoms with Crippen LogP contribution in [0.5, 0.6) is 0 Å². The average Bonchev–Trinajstić information content (AvgIpc) is 3.52. The summed E-state index contributed by atoms with van der Waals surface area (Å²) in [5.74, 6) is -1.39. The Balaban J connectivity index is 1.35. The summed E-state index contributed by atoms with van der Waals surface area (Å²) in [4.78, 5) is 26.9. The number of nitrogens with one attached hydrogen (secondary N) is 1. The number of pyridine rings is 1. The van der Waals surface area contributed by atoms with Crippen molar-refractivity contribution in [2.75, 3.05) is 18.6 Å². The standard InChI is InChI=1S/C26H28F2N4O3/c1-35-26(34)16-4-7-18(8-5-16)30-25(33)21-15-29-32-12-10-19(14-24(21)32)31-11-2-3-23(31)20-13-17(27)6-9-22(20)28/h6,9-10,12-16,18,23H,2-5,7-8,11H2,1H3,(H,30,33). The van der Waals surface area contributed by atoms with Gasteiger partial charge in [-0.05, 0) is 68.9 Å². The molecule has 5 rings (SSSR count). The summed E-state index contributed by atoms with van der Waals surface area (Å²) in [5.41, 5.74) is 2.27. The van der Waals surface area contributed by atoms with Gasteiger partial charge in [-0.3, -0.25) is 9.59 Å². The van der Waals surface area contributed by atoms with Crippen molar-refractivity contribution in [2.24, 2.45) is 5.92 Å². The SMILES string of the molecule is COC(=O)C1CCC(NC(=O)c2cnn3ccc(N4CCCC4c4cc(F)ccc4F)cc23)CC1. The number of carbonyl (C=O) groups excluding carboxylic acids is 2. The van der Waals surface area contributed by atoms with E-state index < -0.39 is 11.6 Å². The molecule has 1 aromatic carbocycles. The molecule has 1 amide bonds. The maximum absolute atomic E-state index is 14.5. The molecule has 1 aliphatic heterocycles. The Morgan fingerprint density at radius 1 is 1.09 bits per heavy atom. The van der Waals surface area contributed by atoms with Crippen LogP contribution in [-0.2, 0) is 9.53 Å². The second-order valence-corrected chi connectivity index (χ2v) is 9.34. The molecule has 3 aromatic rings. The van der Waals surface area contributed by atoms with Crippen molar-refractivity contribution in [3.63, 3.8) is 0 Å². The first-order chi connectivity index (χ1) is 16.9. The van der Waals surface area contributed by atoms with Gasteiger partial charge >= 0.3 is 5.97 Å². The van der Waals surface area contributed by atoms with Crippen LogP contribution in [0.3, 0.4) is 0 Å². The normalized spacial score (nSPS) is 22.4. The van der Waals surface area contributed by atoms with E-state index in [9.17, 15) is 18.4 Å². The average molecular weight is 483 g/mol. The summed E-state index contributed by atoms with van der Waals surface area (Å²) < 4.78 is 34.8. The number of nitrogens with zero attached hydrogens (tertiary/aromatic N) is 3. The summed E-state index contributed by atoms with van der Waals surface area (Å²) in [6, 6.07) is 7.03. The van der Waals surface area contributed by atoms with Crippen LogP contribution in [0, 0.1) is 17.6 Å². The van der Waals surface area contributed by atoms with Crippen molar-refractivity contribution in [2.45, 2.75) is 50.6 Å². The van der Waals surface area contributed by atoms with Crippen LogP contribution in [0.2, 0.25) is 0 Å². The molecule has 1 saturated carbocycles. The number of ether oxygens (including phenoxy) is 1. The van der Waals surface area contributed by atoms with E-state index in [0.717, 1.165) is 18.2 Å². The molecule has 2 aliphatic rings. The molecule has 1 aliphatic carbocycles. The molecule has 2 fully saturated rings. The lowest BCUT2D eigenvalue weighted by atomic mass is 9.86. The van der Waals surface area contributed by atoms with Crippen molar-refractivity contribution >= 4 is 23.1 Å². The van der Waals surface area contributed by atoms with Crippen LogP contribution < -0.4 is 10.2 Å². The Labute approximate surface area is 202 Å². The number of hydrogen-bond acceptors (Lipinski definition) is 5. The van der Waals surface area contributed by atoms with E-state index >= 15 is 0 Å². The first-order valence-corrected chi connectivity index (χ1v) is 12.0. The van der Waals surface area contributed by atoms with Gasteiger partial charge in [-0.1, -0.05) is 0 Å². The quantitative estimate of drug-likeness (QED) is 0.545. The first kappa shape index (κ1) is 23.3. The summed E-state index contributed by atoms with van der Waals surface area (Å²) in [5, 5.41) is 7.40. The molecule has 0 spiro atoms. The van der Waals surface area contributed by atoms with Crippen LogP contribution >= 0.6 is 0 Å². The summed E-state index contributed by atoms with van der Waals surface area (Å²) >= 11 is 0. The molecule has 7 nitrogen and oxygen atoms in total. The minimum atomic E-state index is -0.459. The van der Waals surface area contributed by atoms with Crippen molar-refractivity contribution in [3.05, 3.63) is 65.5 Å². The maximum atomic E-state index is 14.5. The molecule has 0 bridgehead atoms. The van der Waals surface area contributed by atoms with Gasteiger partial charge < -0.3 is 15.0 Å². The number of rotatable bonds is 5. The number of aromatic nitrogens is 2. The number of benzene rings is 1. The predicted octanol–water partition coefficient (Wildman–Crippen LogP) is 4.42. The van der Waals surface area contributed by atoms with Gasteiger partial charge in [0.1, 0.15) is 11.6 Å². The van der Waals surface area contributed by atoms with Gasteiger partial charge in [0.25, 0.3) is 5.91 Å². The van der Waals surface area contributed by atoms with Crippen LogP contribution in [-0.4, -0.2) is 41.2 Å². The number of carbonyl (C=O) groups is 2. The Morgan fingerprint density at radius 2 is 1.89 bits per heavy atom. The minimum absolute atomic E-state index is 0.0135. The highest BCUT2D eigenvalue weighted by atomic mass is 19.1. The highest BCUT2D eigenvalue weighted by Gasteiger charge is 2.30. The highest BCUT2D eigenvalue weighted by Crippen LogP contribution is 2.38. The number of hydrogen-bond donors (Lipinski definition) is 1. The van der Waals surface area contributed by atoms with Gasteiger partial charge in [0.15, 0.2) is 0 Å². The predicted molar refractivity (Wildman–Crippen MR) is 126 cm³/mol. The lowest BCUT2D eigenvalue weighted by Gasteiger charge is -2.28. The van der Waals surface area contributed by atoms with E-state index in [2.05, 4.69) is 15.3 Å². The maximum Gasteiger partial charge on any atom is 0.308 e. The molecular formula is C26H28F2N4O3. The minimum Gasteiger partial charge on any atom is -0.469 e. The van der Waals surface area contributed by atoms with E-state index in [-0.39, 0.29) is 29.9 Å². The summed E-state index contributed by atoms with van der Waals surface area (Å²) in [6.45, 7) is 0.704. The molecule has 184 valence electrons. The van der Waals surface area contributed by atoms with Crippen LogP contribution in [0.1, 0.15) is 60.5 Å². The lowest BCUT2D eigenvalue weighted by Crippen LogP contribution is -2.38. The molecule has 2 aromatic heterocycles. The number of anilines is 1. The third-order valence-corrected chi connectivity index (χ3v) is 7.25. The zero-order chi connectivity index (χ0) is 24.5. The fraction of sp³-hybridized carbons (Fsp3) is 0.423. The zero-order valence-corrected chi connectivity index (χ0v) is 19.5. The monoisotopic (exact) mass is 482 g/mol. The van der Waals surface area contributed by atoms with Crippen molar-refractivity contribution < 1.29 is 23.1 Å². The first-order valence-electron chi connectivity index (χ1n) is 12.0. The fourth-order valence-corrected chi connectivity index (χ4v) is 5.40. The molecular weight excluding hydrogens is 454 g/mol. The zero-order valence-electron chi connectivity index (χ0n) is 19.5. The van der Waals surface area contributed by atoms with Crippen LogP contribution in [0.15, 0.2) is 42.7 Å². The van der Waals surface area contributed by atoms with Gasteiger partial charge in [0.2, 0.25) is 0 Å². The third kappa shape index (κ3) is 4.59. The van der Waals surface area contributed by atoms with Crippen LogP contribution in [0.25, 0.3) is 5.52 Å². The summed E-state index contributed by atoms with van der Waals surface area (Å²) in [6.07, 6.45) is 7.68. The molecule has 1 saturated heterocycles. The largest absolute Gasteiger partial charge is 0.469 e. The van der Waals surface area contributed by atoms with Gasteiger partial charge in [-0.25, -0.2) is 13.3 Å². The Morgan fingerprint density at radius 3 is 2.66 bits per heavy atom. The molecule has 35 heavy (non-hydrogen) atoms. The van der Waals surface area contributed by atoms with Gasteiger partial charge in [-0.15, -0.1) is 0 Å². The molecule has 0 radical (unpaired) electrons. The van der Waals surface area contributed by atoms with E-state index in [1.54, 1.807) is 16.9 Å². The van der Waals surface area contributed by atoms with Crippen molar-refractivity contribution in [1.29, 1.82) is 0 Å². The third-order valence-electron chi connectivity index (χ3n) is 7.25. The fourth-order valence-electron chi connectivity index (χ4n) is 5.40. The molecule has 1 atom stereocenters. The number of amides is 1. The van der Waals surface area contributed by atoms with Gasteiger partial charge in [0.05, 0.1) is 36.3 Å². The Hall–Kier alpha value is -3.49. The summed E-state index contributed by atoms with van der Waals surface area (Å²) in [7, 11) is 1.40. The highest BCUT2D eigenvalue weighted by molar-refractivity contribution is 6.01. The number of esters is 1. The number of halogens is 2. The number of fused-ring (bicyclic) bond motifs is 1. The molecule has 3 heterocycles. The lowest BCUT2D eigenvalue weighted by molar-refractivity contribution is -0.146. The van der Waals surface area contributed by atoms with Crippen molar-refractivity contribution in [3.8, 4) is 0 Å². The Bertz CT molecular complexity index is 1250. The van der Waals surface area contributed by atoms with E-state index in [1.807, 2.05) is 12.1 Å². The van der Waals surface area contributed by atoms with Gasteiger partial charge in [-0.2, -0.15) is 5.10 Å². The molecule has 9 heteroatoms. The smallest absolute Gasteiger partial charge is 0.308 e. The Kier molecular flexibility index (Phi) is 6.40. The molecule has 1 N–H and O–H groups in total.